The molecule has 0 N–H and O–H groups in total. The molecule has 21 heavy (non-hydrogen) atoms. The van der Waals surface area contributed by atoms with Gasteiger partial charge in [-0.1, -0.05) is 41.9 Å². The minimum Gasteiger partial charge on any atom is -0.385 e. The molecule has 0 saturated carbocycles. The number of hydrazone groups is 1. The van der Waals surface area contributed by atoms with E-state index in [4.69, 9.17) is 4.74 Å². The van der Waals surface area contributed by atoms with E-state index in [-0.39, 0.29) is 5.91 Å². The van der Waals surface area contributed by atoms with Crippen molar-refractivity contribution in [3.8, 4) is 0 Å². The Kier molecular flexibility index (Phi) is 5.17. The quantitative estimate of drug-likeness (QED) is 0.761. The summed E-state index contributed by atoms with van der Waals surface area (Å²) in [6.07, 6.45) is 1.45. The van der Waals surface area contributed by atoms with Crippen molar-refractivity contribution < 1.29 is 9.53 Å². The van der Waals surface area contributed by atoms with E-state index in [0.717, 1.165) is 22.2 Å². The third-order valence-electron chi connectivity index (χ3n) is 3.56. The van der Waals surface area contributed by atoms with Crippen molar-refractivity contribution in [2.45, 2.75) is 26.7 Å². The molecule has 0 saturated heterocycles. The lowest BCUT2D eigenvalue weighted by Crippen LogP contribution is -2.44. The van der Waals surface area contributed by atoms with Gasteiger partial charge in [-0.2, -0.15) is 5.10 Å². The Labute approximate surface area is 134 Å². The highest BCUT2D eigenvalue weighted by molar-refractivity contribution is 9.10. The molecule has 1 amide bonds. The molecule has 0 radical (unpaired) electrons. The normalized spacial score (nSPS) is 17.8. The van der Waals surface area contributed by atoms with Gasteiger partial charge in [0, 0.05) is 31.2 Å². The van der Waals surface area contributed by atoms with Gasteiger partial charge in [0.15, 0.2) is 0 Å². The maximum atomic E-state index is 12.4. The lowest BCUT2D eigenvalue weighted by atomic mass is 9.83. The second kappa shape index (κ2) is 6.71. The molecule has 1 heterocycles. The van der Waals surface area contributed by atoms with Gasteiger partial charge in [0.05, 0.1) is 11.1 Å². The zero-order chi connectivity index (χ0) is 15.5. The summed E-state index contributed by atoms with van der Waals surface area (Å²) in [4.78, 5) is 12.4. The van der Waals surface area contributed by atoms with Crippen molar-refractivity contribution >= 4 is 27.5 Å². The van der Waals surface area contributed by atoms with E-state index in [9.17, 15) is 4.79 Å². The number of hydrogen-bond donors (Lipinski definition) is 0. The van der Waals surface area contributed by atoms with E-state index in [1.165, 1.54) is 0 Å². The van der Waals surface area contributed by atoms with Gasteiger partial charge in [0.2, 0.25) is 5.91 Å². The summed E-state index contributed by atoms with van der Waals surface area (Å²) in [5.74, 6) is 0.0828. The molecule has 0 aromatic heterocycles. The second-order valence-electron chi connectivity index (χ2n) is 5.89. The van der Waals surface area contributed by atoms with Crippen LogP contribution in [0.5, 0.6) is 0 Å². The molecule has 0 fully saturated rings. The van der Waals surface area contributed by atoms with Crippen LogP contribution in [0.25, 0.3) is 0 Å². The third kappa shape index (κ3) is 3.92. The van der Waals surface area contributed by atoms with Crippen LogP contribution in [0, 0.1) is 5.41 Å². The second-order valence-corrected chi connectivity index (χ2v) is 6.80. The van der Waals surface area contributed by atoms with Crippen LogP contribution in [0.4, 0.5) is 0 Å². The highest BCUT2D eigenvalue weighted by atomic mass is 79.9. The van der Waals surface area contributed by atoms with E-state index < -0.39 is 5.41 Å². The van der Waals surface area contributed by atoms with Crippen molar-refractivity contribution in [1.29, 1.82) is 0 Å². The molecule has 1 aliphatic heterocycles. The molecule has 2 rings (SSSR count). The molecule has 1 aromatic rings. The number of hydrogen-bond acceptors (Lipinski definition) is 3. The van der Waals surface area contributed by atoms with E-state index in [1.54, 1.807) is 12.1 Å². The Morgan fingerprint density at radius 3 is 2.62 bits per heavy atom. The van der Waals surface area contributed by atoms with Gasteiger partial charge in [0.1, 0.15) is 0 Å². The topological polar surface area (TPSA) is 41.9 Å². The first-order valence-electron chi connectivity index (χ1n) is 7.08. The number of nitrogens with zero attached hydrogens (tertiary/aromatic N) is 2. The minimum atomic E-state index is -0.419. The fourth-order valence-electron chi connectivity index (χ4n) is 2.38. The van der Waals surface area contributed by atoms with Crippen molar-refractivity contribution in [2.75, 3.05) is 20.3 Å². The smallest absolute Gasteiger partial charge is 0.248 e. The summed E-state index contributed by atoms with van der Waals surface area (Å²) < 4.78 is 6.09. The van der Waals surface area contributed by atoms with Gasteiger partial charge in [-0.3, -0.25) is 4.79 Å². The first-order valence-corrected chi connectivity index (χ1v) is 7.87. The molecular weight excluding hydrogens is 332 g/mol. The van der Waals surface area contributed by atoms with Gasteiger partial charge < -0.3 is 4.74 Å². The van der Waals surface area contributed by atoms with E-state index in [2.05, 4.69) is 21.0 Å². The van der Waals surface area contributed by atoms with E-state index in [0.29, 0.717) is 19.6 Å². The van der Waals surface area contributed by atoms with Gasteiger partial charge in [-0.25, -0.2) is 5.01 Å². The predicted molar refractivity (Wildman–Crippen MR) is 87.3 cm³/mol. The average Bonchev–Trinajstić information content (AvgIpc) is 2.44. The Morgan fingerprint density at radius 2 is 2.00 bits per heavy atom. The van der Waals surface area contributed by atoms with Crippen LogP contribution >= 0.6 is 15.9 Å². The van der Waals surface area contributed by atoms with E-state index >= 15 is 0 Å². The zero-order valence-corrected chi connectivity index (χ0v) is 14.3. The lowest BCUT2D eigenvalue weighted by Gasteiger charge is -2.34. The number of benzene rings is 1. The zero-order valence-electron chi connectivity index (χ0n) is 12.7. The van der Waals surface area contributed by atoms with Crippen LogP contribution in [-0.4, -0.2) is 36.9 Å². The molecule has 0 bridgehead atoms. The summed E-state index contributed by atoms with van der Waals surface area (Å²) in [5, 5.41) is 6.16. The number of methoxy groups -OCH3 is 1. The number of halogens is 1. The van der Waals surface area contributed by atoms with Crippen molar-refractivity contribution in [3.63, 3.8) is 0 Å². The average molecular weight is 353 g/mol. The molecular formula is C16H21BrN2O2. The summed E-state index contributed by atoms with van der Waals surface area (Å²) >= 11 is 3.44. The van der Waals surface area contributed by atoms with Gasteiger partial charge in [-0.15, -0.1) is 0 Å². The molecule has 114 valence electrons. The molecule has 0 atom stereocenters. The van der Waals surface area contributed by atoms with Crippen LogP contribution in [0.15, 0.2) is 33.8 Å². The number of amides is 1. The number of rotatable bonds is 5. The molecule has 1 aromatic carbocycles. The number of carbonyl (C=O) groups is 1. The summed E-state index contributed by atoms with van der Waals surface area (Å²) in [5.41, 5.74) is 1.61. The van der Waals surface area contributed by atoms with Crippen LogP contribution < -0.4 is 0 Å². The summed E-state index contributed by atoms with van der Waals surface area (Å²) in [6.45, 7) is 5.18. The van der Waals surface area contributed by atoms with Crippen molar-refractivity contribution in [1.82, 2.24) is 5.01 Å². The number of ether oxygens (including phenoxy) is 1. The molecule has 4 nitrogen and oxygen atoms in total. The molecule has 1 aliphatic rings. The van der Waals surface area contributed by atoms with Crippen LogP contribution in [-0.2, 0) is 9.53 Å². The summed E-state index contributed by atoms with van der Waals surface area (Å²) in [6, 6.07) is 8.05. The molecule has 0 spiro atoms. The van der Waals surface area contributed by atoms with Gasteiger partial charge in [0.25, 0.3) is 0 Å². The molecule has 0 unspecified atom stereocenters. The van der Waals surface area contributed by atoms with Crippen LogP contribution in [0.1, 0.15) is 32.3 Å². The standard InChI is InChI=1S/C16H21BrN2O2/c1-16(2)11-14(12-5-7-13(17)8-6-12)18-19(15(16)20)9-4-10-21-3/h5-8H,4,9-11H2,1-3H3. The van der Waals surface area contributed by atoms with Crippen LogP contribution in [0.3, 0.4) is 0 Å². The lowest BCUT2D eigenvalue weighted by molar-refractivity contribution is -0.141. The predicted octanol–water partition coefficient (Wildman–Crippen LogP) is 3.45. The minimum absolute atomic E-state index is 0.0828. The summed E-state index contributed by atoms with van der Waals surface area (Å²) in [7, 11) is 1.67. The largest absolute Gasteiger partial charge is 0.385 e. The van der Waals surface area contributed by atoms with Crippen LogP contribution in [0.2, 0.25) is 0 Å². The molecule has 0 aliphatic carbocycles. The van der Waals surface area contributed by atoms with E-state index in [1.807, 2.05) is 38.1 Å². The van der Waals surface area contributed by atoms with Gasteiger partial charge in [-0.05, 0) is 24.1 Å². The fourth-order valence-corrected chi connectivity index (χ4v) is 2.65. The first-order chi connectivity index (χ1) is 9.94. The van der Waals surface area contributed by atoms with Crippen molar-refractivity contribution in [2.24, 2.45) is 10.5 Å². The third-order valence-corrected chi connectivity index (χ3v) is 4.09. The van der Waals surface area contributed by atoms with Gasteiger partial charge >= 0.3 is 0 Å². The maximum Gasteiger partial charge on any atom is 0.248 e. The number of carbonyl (C=O) groups excluding carboxylic acids is 1. The Balaban J connectivity index is 2.24. The SMILES string of the molecule is COCCCN1N=C(c2ccc(Br)cc2)CC(C)(C)C1=O. The molecule has 5 heteroatoms. The Morgan fingerprint density at radius 1 is 1.33 bits per heavy atom. The Hall–Kier alpha value is -1.20. The first kappa shape index (κ1) is 16.2. The fraction of sp³-hybridized carbons (Fsp3) is 0.500. The Bertz CT molecular complexity index is 538. The highest BCUT2D eigenvalue weighted by Crippen LogP contribution is 2.31. The highest BCUT2D eigenvalue weighted by Gasteiger charge is 2.37. The monoisotopic (exact) mass is 352 g/mol. The maximum absolute atomic E-state index is 12.4. The van der Waals surface area contributed by atoms with Crippen molar-refractivity contribution in [3.05, 3.63) is 34.3 Å².